The van der Waals surface area contributed by atoms with Gasteiger partial charge in [-0.2, -0.15) is 0 Å². The van der Waals surface area contributed by atoms with E-state index >= 15 is 0 Å². The summed E-state index contributed by atoms with van der Waals surface area (Å²) in [6.45, 7) is 7.26. The molecule has 0 aliphatic rings. The Morgan fingerprint density at radius 3 is 2.35 bits per heavy atom. The second-order valence-electron chi connectivity index (χ2n) is 5.89. The number of ether oxygens (including phenoxy) is 1. The largest absolute Gasteiger partial charge is 0.385 e. The number of hydrogen-bond acceptors (Lipinski definition) is 3. The highest BCUT2D eigenvalue weighted by atomic mass is 16.5. The highest BCUT2D eigenvalue weighted by Gasteiger charge is 2.21. The van der Waals surface area contributed by atoms with Crippen molar-refractivity contribution in [3.8, 4) is 0 Å². The van der Waals surface area contributed by atoms with Gasteiger partial charge in [0.1, 0.15) is 0 Å². The lowest BCUT2D eigenvalue weighted by Crippen LogP contribution is -2.45. The van der Waals surface area contributed by atoms with E-state index < -0.39 is 0 Å². The minimum Gasteiger partial charge on any atom is -0.385 e. The average molecular weight is 320 g/mol. The first kappa shape index (κ1) is 19.2. The third-order valence-electron chi connectivity index (χ3n) is 3.69. The fourth-order valence-corrected chi connectivity index (χ4v) is 2.34. The molecule has 0 aromatic heterocycles. The van der Waals surface area contributed by atoms with E-state index in [0.29, 0.717) is 19.7 Å². The van der Waals surface area contributed by atoms with E-state index in [2.05, 4.69) is 0 Å². The van der Waals surface area contributed by atoms with Gasteiger partial charge in [-0.1, -0.05) is 30.3 Å². The Kier molecular flexibility index (Phi) is 8.33. The van der Waals surface area contributed by atoms with Crippen LogP contribution in [0.3, 0.4) is 0 Å². The highest BCUT2D eigenvalue weighted by Crippen LogP contribution is 2.09. The van der Waals surface area contributed by atoms with Crippen LogP contribution >= 0.6 is 0 Å². The average Bonchev–Trinajstić information content (AvgIpc) is 2.52. The number of nitrogens with zero attached hydrogens (tertiary/aromatic N) is 2. The van der Waals surface area contributed by atoms with Crippen molar-refractivity contribution < 1.29 is 14.3 Å². The molecule has 0 aliphatic heterocycles. The number of carbonyl (C=O) groups is 2. The zero-order valence-electron chi connectivity index (χ0n) is 14.6. The molecule has 1 aromatic rings. The molecular weight excluding hydrogens is 292 g/mol. The van der Waals surface area contributed by atoms with Crippen LogP contribution in [0.5, 0.6) is 0 Å². The molecule has 0 bridgehead atoms. The molecule has 128 valence electrons. The van der Waals surface area contributed by atoms with E-state index in [4.69, 9.17) is 4.74 Å². The number of rotatable bonds is 9. The van der Waals surface area contributed by atoms with Gasteiger partial charge in [0.2, 0.25) is 11.8 Å². The van der Waals surface area contributed by atoms with Gasteiger partial charge in [-0.25, -0.2) is 0 Å². The second-order valence-corrected chi connectivity index (χ2v) is 5.89. The molecule has 0 saturated heterocycles. The maximum absolute atomic E-state index is 12.6. The van der Waals surface area contributed by atoms with E-state index in [0.717, 1.165) is 12.0 Å². The third-order valence-corrected chi connectivity index (χ3v) is 3.69. The lowest BCUT2D eigenvalue weighted by atomic mass is 10.2. The Balaban J connectivity index is 2.70. The summed E-state index contributed by atoms with van der Waals surface area (Å²) in [5.74, 6) is -0.116. The Morgan fingerprint density at radius 1 is 1.17 bits per heavy atom. The summed E-state index contributed by atoms with van der Waals surface area (Å²) in [5.41, 5.74) is 1.09. The van der Waals surface area contributed by atoms with Crippen LogP contribution in [0.1, 0.15) is 32.8 Å². The van der Waals surface area contributed by atoms with Gasteiger partial charge in [-0.15, -0.1) is 0 Å². The first-order valence-corrected chi connectivity index (χ1v) is 8.03. The van der Waals surface area contributed by atoms with E-state index in [1.807, 2.05) is 49.1 Å². The Morgan fingerprint density at radius 2 is 1.83 bits per heavy atom. The van der Waals surface area contributed by atoms with Crippen molar-refractivity contribution in [3.63, 3.8) is 0 Å². The Bertz CT molecular complexity index is 488. The molecular formula is C18H28N2O3. The van der Waals surface area contributed by atoms with Crippen molar-refractivity contribution in [3.05, 3.63) is 35.9 Å². The van der Waals surface area contributed by atoms with Crippen molar-refractivity contribution in [1.82, 2.24) is 9.80 Å². The molecule has 1 rings (SSSR count). The van der Waals surface area contributed by atoms with Crippen LogP contribution in [0.4, 0.5) is 0 Å². The van der Waals surface area contributed by atoms with E-state index in [1.54, 1.807) is 12.0 Å². The van der Waals surface area contributed by atoms with Crippen molar-refractivity contribution in [2.45, 2.75) is 39.8 Å². The summed E-state index contributed by atoms with van der Waals surface area (Å²) in [4.78, 5) is 27.8. The molecule has 0 heterocycles. The summed E-state index contributed by atoms with van der Waals surface area (Å²) >= 11 is 0. The van der Waals surface area contributed by atoms with Crippen LogP contribution in [-0.2, 0) is 20.9 Å². The van der Waals surface area contributed by atoms with Crippen molar-refractivity contribution in [2.24, 2.45) is 0 Å². The molecule has 5 nitrogen and oxygen atoms in total. The van der Waals surface area contributed by atoms with E-state index in [9.17, 15) is 9.59 Å². The second kappa shape index (κ2) is 10.0. The molecule has 0 spiro atoms. The van der Waals surface area contributed by atoms with Crippen molar-refractivity contribution in [1.29, 1.82) is 0 Å². The maximum Gasteiger partial charge on any atom is 0.242 e. The third kappa shape index (κ3) is 6.82. The molecule has 0 aliphatic carbocycles. The number of hydrogen-bond donors (Lipinski definition) is 0. The topological polar surface area (TPSA) is 49.9 Å². The number of amides is 2. The molecule has 0 N–H and O–H groups in total. The van der Waals surface area contributed by atoms with Crippen LogP contribution < -0.4 is 0 Å². The Labute approximate surface area is 139 Å². The fourth-order valence-electron chi connectivity index (χ4n) is 2.34. The van der Waals surface area contributed by atoms with Gasteiger partial charge >= 0.3 is 0 Å². The van der Waals surface area contributed by atoms with Gasteiger partial charge in [0, 0.05) is 39.8 Å². The summed E-state index contributed by atoms with van der Waals surface area (Å²) in [5, 5.41) is 0. The number of methoxy groups -OCH3 is 1. The first-order chi connectivity index (χ1) is 11.0. The van der Waals surface area contributed by atoms with Crippen molar-refractivity contribution in [2.75, 3.05) is 26.8 Å². The zero-order chi connectivity index (χ0) is 17.2. The normalized spacial score (nSPS) is 10.7. The quantitative estimate of drug-likeness (QED) is 0.656. The fraction of sp³-hybridized carbons (Fsp3) is 0.556. The van der Waals surface area contributed by atoms with E-state index in [1.165, 1.54) is 6.92 Å². The van der Waals surface area contributed by atoms with Crippen LogP contribution in [0.25, 0.3) is 0 Å². The molecule has 0 unspecified atom stereocenters. The zero-order valence-corrected chi connectivity index (χ0v) is 14.6. The molecule has 2 amide bonds. The van der Waals surface area contributed by atoms with Crippen LogP contribution in [0.2, 0.25) is 0 Å². The van der Waals surface area contributed by atoms with Gasteiger partial charge in [0.25, 0.3) is 0 Å². The monoisotopic (exact) mass is 320 g/mol. The van der Waals surface area contributed by atoms with Gasteiger partial charge in [-0.05, 0) is 25.8 Å². The summed E-state index contributed by atoms with van der Waals surface area (Å²) in [6, 6.07) is 9.97. The number of benzene rings is 1. The highest BCUT2D eigenvalue weighted by molar-refractivity contribution is 5.84. The molecule has 1 aromatic carbocycles. The summed E-state index contributed by atoms with van der Waals surface area (Å²) in [6.07, 6.45) is 0.726. The molecule has 5 heteroatoms. The summed E-state index contributed by atoms with van der Waals surface area (Å²) < 4.78 is 5.01. The molecule has 0 atom stereocenters. The van der Waals surface area contributed by atoms with Crippen LogP contribution in [0.15, 0.2) is 30.3 Å². The molecule has 0 radical (unpaired) electrons. The van der Waals surface area contributed by atoms with Crippen LogP contribution in [-0.4, -0.2) is 54.5 Å². The minimum atomic E-state index is -0.0853. The summed E-state index contributed by atoms with van der Waals surface area (Å²) in [7, 11) is 1.63. The molecule has 0 fully saturated rings. The lowest BCUT2D eigenvalue weighted by Gasteiger charge is -2.30. The van der Waals surface area contributed by atoms with E-state index in [-0.39, 0.29) is 24.4 Å². The standard InChI is InChI=1S/C18H28N2O3/c1-15(2)20(13-17-9-6-5-7-10-17)18(22)14-19(16(3)21)11-8-12-23-4/h5-7,9-10,15H,8,11-14H2,1-4H3. The van der Waals surface area contributed by atoms with Gasteiger partial charge in [0.05, 0.1) is 6.54 Å². The predicted molar refractivity (Wildman–Crippen MR) is 90.9 cm³/mol. The predicted octanol–water partition coefficient (Wildman–Crippen LogP) is 2.31. The minimum absolute atomic E-state index is 0.0310. The first-order valence-electron chi connectivity index (χ1n) is 8.03. The van der Waals surface area contributed by atoms with Gasteiger partial charge in [0.15, 0.2) is 0 Å². The van der Waals surface area contributed by atoms with Crippen LogP contribution in [0, 0.1) is 0 Å². The molecule has 0 saturated carbocycles. The SMILES string of the molecule is COCCCN(CC(=O)N(Cc1ccccc1)C(C)C)C(C)=O. The Hall–Kier alpha value is -1.88. The lowest BCUT2D eigenvalue weighted by molar-refractivity contribution is -0.141. The smallest absolute Gasteiger partial charge is 0.242 e. The van der Waals surface area contributed by atoms with Crippen molar-refractivity contribution >= 4 is 11.8 Å². The maximum atomic E-state index is 12.6. The van der Waals surface area contributed by atoms with Gasteiger partial charge < -0.3 is 14.5 Å². The van der Waals surface area contributed by atoms with Gasteiger partial charge in [-0.3, -0.25) is 9.59 Å². The molecule has 23 heavy (non-hydrogen) atoms. The number of carbonyl (C=O) groups excluding carboxylic acids is 2.